The van der Waals surface area contributed by atoms with E-state index in [1.165, 1.54) is 28.9 Å². The molecule has 0 fully saturated rings. The third kappa shape index (κ3) is 3.21. The van der Waals surface area contributed by atoms with E-state index in [2.05, 4.69) is 26.3 Å². The third-order valence-corrected chi connectivity index (χ3v) is 3.99. The zero-order chi connectivity index (χ0) is 17.3. The molecule has 2 aromatic carbocycles. The Morgan fingerprint density at radius 1 is 1.17 bits per heavy atom. The Balaban J connectivity index is 1.96. The van der Waals surface area contributed by atoms with Crippen LogP contribution in [0.5, 0.6) is 0 Å². The van der Waals surface area contributed by atoms with E-state index < -0.39 is 17.5 Å². The zero-order valence-electron chi connectivity index (χ0n) is 12.6. The summed E-state index contributed by atoms with van der Waals surface area (Å²) in [5, 5.41) is 6.89. The quantitative estimate of drug-likeness (QED) is 0.715. The van der Waals surface area contributed by atoms with E-state index in [1.807, 2.05) is 0 Å². The largest absolute Gasteiger partial charge is 0.306 e. The van der Waals surface area contributed by atoms with Crippen LogP contribution in [0.3, 0.4) is 0 Å². The van der Waals surface area contributed by atoms with Gasteiger partial charge < -0.3 is 5.32 Å². The molecule has 0 aliphatic carbocycles. The van der Waals surface area contributed by atoms with Crippen molar-refractivity contribution in [2.45, 2.75) is 6.92 Å². The second kappa shape index (κ2) is 6.52. The number of aromatic nitrogens is 2. The number of carbonyl (C=O) groups excluding carboxylic acids is 1. The lowest BCUT2D eigenvalue weighted by Crippen LogP contribution is -2.16. The molecule has 0 saturated carbocycles. The van der Waals surface area contributed by atoms with Gasteiger partial charge in [0, 0.05) is 10.5 Å². The van der Waals surface area contributed by atoms with Crippen LogP contribution in [-0.2, 0) is 0 Å². The van der Waals surface area contributed by atoms with Crippen molar-refractivity contribution >= 4 is 27.7 Å². The standard InChI is InChI=1S/C17H12BrF2N3O/c1-10-8-16(23(22-10)15-5-3-2-4-14(15)20)21-17(24)12-7-6-11(19)9-13(12)18/h2-9H,1H3,(H,21,24). The molecule has 0 bridgehead atoms. The van der Waals surface area contributed by atoms with Crippen molar-refractivity contribution in [3.63, 3.8) is 0 Å². The minimum Gasteiger partial charge on any atom is -0.306 e. The normalized spacial score (nSPS) is 10.7. The lowest BCUT2D eigenvalue weighted by Gasteiger charge is -2.10. The third-order valence-electron chi connectivity index (χ3n) is 3.33. The fourth-order valence-electron chi connectivity index (χ4n) is 2.25. The fraction of sp³-hybridized carbons (Fsp3) is 0.0588. The van der Waals surface area contributed by atoms with Gasteiger partial charge in [-0.05, 0) is 53.2 Å². The van der Waals surface area contributed by atoms with E-state index in [1.54, 1.807) is 31.2 Å². The summed E-state index contributed by atoms with van der Waals surface area (Å²) in [6.07, 6.45) is 0. The first kappa shape index (κ1) is 16.3. The maximum Gasteiger partial charge on any atom is 0.257 e. The van der Waals surface area contributed by atoms with Crippen molar-refractivity contribution in [1.82, 2.24) is 9.78 Å². The first-order chi connectivity index (χ1) is 11.5. The number of carbonyl (C=O) groups is 1. The predicted octanol–water partition coefficient (Wildman–Crippen LogP) is 4.47. The molecule has 0 radical (unpaired) electrons. The highest BCUT2D eigenvalue weighted by molar-refractivity contribution is 9.10. The van der Waals surface area contributed by atoms with Crippen LogP contribution < -0.4 is 5.32 Å². The molecule has 1 amide bonds. The second-order valence-electron chi connectivity index (χ2n) is 5.11. The number of rotatable bonds is 3. The molecule has 1 aromatic heterocycles. The van der Waals surface area contributed by atoms with Gasteiger partial charge in [0.05, 0.1) is 11.3 Å². The first-order valence-electron chi connectivity index (χ1n) is 7.03. The van der Waals surface area contributed by atoms with Crippen LogP contribution in [0.4, 0.5) is 14.6 Å². The lowest BCUT2D eigenvalue weighted by atomic mass is 10.2. The summed E-state index contributed by atoms with van der Waals surface area (Å²) >= 11 is 3.16. The smallest absolute Gasteiger partial charge is 0.257 e. The van der Waals surface area contributed by atoms with Crippen LogP contribution in [0, 0.1) is 18.6 Å². The van der Waals surface area contributed by atoms with Crippen molar-refractivity contribution in [1.29, 1.82) is 0 Å². The number of para-hydroxylation sites is 1. The minimum absolute atomic E-state index is 0.221. The van der Waals surface area contributed by atoms with Crippen LogP contribution in [0.15, 0.2) is 53.0 Å². The van der Waals surface area contributed by atoms with Gasteiger partial charge in [0.1, 0.15) is 23.1 Å². The highest BCUT2D eigenvalue weighted by atomic mass is 79.9. The molecular formula is C17H12BrF2N3O. The van der Waals surface area contributed by atoms with Gasteiger partial charge in [0.15, 0.2) is 0 Å². The predicted molar refractivity (Wildman–Crippen MR) is 90.3 cm³/mol. The molecule has 0 atom stereocenters. The number of hydrogen-bond donors (Lipinski definition) is 1. The number of amides is 1. The fourth-order valence-corrected chi connectivity index (χ4v) is 2.78. The molecule has 0 aliphatic rings. The topological polar surface area (TPSA) is 46.9 Å². The molecule has 1 heterocycles. The molecule has 0 aliphatic heterocycles. The van der Waals surface area contributed by atoms with E-state index >= 15 is 0 Å². The van der Waals surface area contributed by atoms with Gasteiger partial charge in [-0.1, -0.05) is 12.1 Å². The SMILES string of the molecule is Cc1cc(NC(=O)c2ccc(F)cc2Br)n(-c2ccccc2F)n1. The average Bonchev–Trinajstić information content (AvgIpc) is 2.87. The Labute approximate surface area is 145 Å². The number of anilines is 1. The Morgan fingerprint density at radius 2 is 1.92 bits per heavy atom. The second-order valence-corrected chi connectivity index (χ2v) is 5.97. The summed E-state index contributed by atoms with van der Waals surface area (Å²) in [7, 11) is 0. The Bertz CT molecular complexity index is 924. The summed E-state index contributed by atoms with van der Waals surface area (Å²) in [6.45, 7) is 1.74. The Kier molecular flexibility index (Phi) is 4.44. The molecule has 0 unspecified atom stereocenters. The van der Waals surface area contributed by atoms with Crippen molar-refractivity contribution in [2.24, 2.45) is 0 Å². The molecular weight excluding hydrogens is 380 g/mol. The number of nitrogens with zero attached hydrogens (tertiary/aromatic N) is 2. The van der Waals surface area contributed by atoms with Gasteiger partial charge in [0.25, 0.3) is 5.91 Å². The number of hydrogen-bond acceptors (Lipinski definition) is 2. The molecule has 4 nitrogen and oxygen atoms in total. The first-order valence-corrected chi connectivity index (χ1v) is 7.83. The van der Waals surface area contributed by atoms with E-state index in [9.17, 15) is 13.6 Å². The molecule has 7 heteroatoms. The maximum atomic E-state index is 14.0. The van der Waals surface area contributed by atoms with Crippen LogP contribution in [0.2, 0.25) is 0 Å². The monoisotopic (exact) mass is 391 g/mol. The zero-order valence-corrected chi connectivity index (χ0v) is 14.1. The Morgan fingerprint density at radius 3 is 2.62 bits per heavy atom. The minimum atomic E-state index is -0.459. The lowest BCUT2D eigenvalue weighted by molar-refractivity contribution is 0.102. The number of halogens is 3. The summed E-state index contributed by atoms with van der Waals surface area (Å²) in [5.74, 6) is -1.05. The molecule has 24 heavy (non-hydrogen) atoms. The molecule has 122 valence electrons. The van der Waals surface area contributed by atoms with Gasteiger partial charge in [-0.25, -0.2) is 13.5 Å². The van der Waals surface area contributed by atoms with Crippen molar-refractivity contribution in [2.75, 3.05) is 5.32 Å². The van der Waals surface area contributed by atoms with Crippen molar-refractivity contribution in [3.05, 3.63) is 75.9 Å². The van der Waals surface area contributed by atoms with E-state index in [-0.39, 0.29) is 11.3 Å². The van der Waals surface area contributed by atoms with Gasteiger partial charge in [-0.2, -0.15) is 5.10 Å². The highest BCUT2D eigenvalue weighted by Gasteiger charge is 2.16. The van der Waals surface area contributed by atoms with Crippen molar-refractivity contribution in [3.8, 4) is 5.69 Å². The highest BCUT2D eigenvalue weighted by Crippen LogP contribution is 2.23. The van der Waals surface area contributed by atoms with Gasteiger partial charge in [0.2, 0.25) is 0 Å². The summed E-state index contributed by atoms with van der Waals surface area (Å²) in [4.78, 5) is 12.4. The van der Waals surface area contributed by atoms with E-state index in [0.717, 1.165) is 0 Å². The average molecular weight is 392 g/mol. The number of nitrogens with one attached hydrogen (secondary N) is 1. The summed E-state index contributed by atoms with van der Waals surface area (Å²) in [5.41, 5.74) is 1.10. The summed E-state index contributed by atoms with van der Waals surface area (Å²) in [6, 6.07) is 11.5. The number of benzene rings is 2. The maximum absolute atomic E-state index is 14.0. The van der Waals surface area contributed by atoms with E-state index in [0.29, 0.717) is 16.0 Å². The van der Waals surface area contributed by atoms with Gasteiger partial charge in [-0.15, -0.1) is 0 Å². The van der Waals surface area contributed by atoms with Crippen molar-refractivity contribution < 1.29 is 13.6 Å². The molecule has 1 N–H and O–H groups in total. The van der Waals surface area contributed by atoms with Gasteiger partial charge in [-0.3, -0.25) is 4.79 Å². The van der Waals surface area contributed by atoms with Crippen LogP contribution in [0.25, 0.3) is 5.69 Å². The van der Waals surface area contributed by atoms with E-state index in [4.69, 9.17) is 0 Å². The molecule has 0 saturated heterocycles. The Hall–Kier alpha value is -2.54. The van der Waals surface area contributed by atoms with Crippen LogP contribution in [0.1, 0.15) is 16.1 Å². The van der Waals surface area contributed by atoms with Crippen LogP contribution >= 0.6 is 15.9 Å². The molecule has 3 aromatic rings. The van der Waals surface area contributed by atoms with Crippen LogP contribution in [-0.4, -0.2) is 15.7 Å². The molecule has 0 spiro atoms. The number of aryl methyl sites for hydroxylation is 1. The summed E-state index contributed by atoms with van der Waals surface area (Å²) < 4.78 is 28.8. The van der Waals surface area contributed by atoms with Gasteiger partial charge >= 0.3 is 0 Å². The molecule has 3 rings (SSSR count).